The molecule has 0 radical (unpaired) electrons. The summed E-state index contributed by atoms with van der Waals surface area (Å²) in [5.41, 5.74) is 1.42. The highest BCUT2D eigenvalue weighted by Gasteiger charge is 2.24. The number of nitrogens with zero attached hydrogens (tertiary/aromatic N) is 1. The van der Waals surface area contributed by atoms with Gasteiger partial charge >= 0.3 is 0 Å². The van der Waals surface area contributed by atoms with Crippen molar-refractivity contribution in [1.82, 2.24) is 10.3 Å². The third-order valence-corrected chi connectivity index (χ3v) is 4.82. The Hall–Kier alpha value is -0.410. The molecule has 0 spiro atoms. The third kappa shape index (κ3) is 4.57. The fourth-order valence-electron chi connectivity index (χ4n) is 2.12. The highest BCUT2D eigenvalue weighted by molar-refractivity contribution is 7.09. The molecule has 0 bridgehead atoms. The molecule has 3 heteroatoms. The summed E-state index contributed by atoms with van der Waals surface area (Å²) in [7, 11) is 0. The summed E-state index contributed by atoms with van der Waals surface area (Å²) in [5.74, 6) is 1.42. The van der Waals surface area contributed by atoms with Gasteiger partial charge < -0.3 is 5.32 Å². The lowest BCUT2D eigenvalue weighted by Gasteiger charge is -2.20. The standard InChI is InChI=1S/C16H28N2S/c1-11(2)12(9-17-13-6-7-13)8-15-18-14(10-19-15)16(3,4)5/h10-13,17H,6-9H2,1-5H3. The Kier molecular flexibility index (Phi) is 4.67. The molecule has 1 atom stereocenters. The predicted molar refractivity (Wildman–Crippen MR) is 83.9 cm³/mol. The lowest BCUT2D eigenvalue weighted by atomic mass is 9.92. The molecule has 1 aliphatic carbocycles. The number of nitrogens with one attached hydrogen (secondary N) is 1. The molecule has 1 aromatic rings. The first-order valence-electron chi connectivity index (χ1n) is 7.54. The van der Waals surface area contributed by atoms with E-state index in [0.29, 0.717) is 11.8 Å². The molecule has 1 heterocycles. The minimum Gasteiger partial charge on any atom is -0.314 e. The summed E-state index contributed by atoms with van der Waals surface area (Å²) in [6.07, 6.45) is 3.87. The van der Waals surface area contributed by atoms with Gasteiger partial charge in [0, 0.05) is 23.3 Å². The average molecular weight is 280 g/mol. The minimum absolute atomic E-state index is 0.175. The summed E-state index contributed by atoms with van der Waals surface area (Å²) < 4.78 is 0. The van der Waals surface area contributed by atoms with Crippen LogP contribution in [0.3, 0.4) is 0 Å². The molecular weight excluding hydrogens is 252 g/mol. The molecule has 0 saturated heterocycles. The lowest BCUT2D eigenvalue weighted by Crippen LogP contribution is -2.29. The first kappa shape index (κ1) is 15.0. The van der Waals surface area contributed by atoms with Crippen molar-refractivity contribution in [3.63, 3.8) is 0 Å². The van der Waals surface area contributed by atoms with Crippen LogP contribution in [0.25, 0.3) is 0 Å². The second kappa shape index (κ2) is 5.92. The van der Waals surface area contributed by atoms with Gasteiger partial charge in [-0.25, -0.2) is 4.98 Å². The number of hydrogen-bond acceptors (Lipinski definition) is 3. The minimum atomic E-state index is 0.175. The van der Waals surface area contributed by atoms with Crippen LogP contribution in [0.1, 0.15) is 58.2 Å². The highest BCUT2D eigenvalue weighted by Crippen LogP contribution is 2.27. The number of thiazole rings is 1. The van der Waals surface area contributed by atoms with Crippen molar-refractivity contribution in [2.45, 2.75) is 65.3 Å². The smallest absolute Gasteiger partial charge is 0.0931 e. The van der Waals surface area contributed by atoms with E-state index in [4.69, 9.17) is 4.98 Å². The van der Waals surface area contributed by atoms with E-state index in [1.165, 1.54) is 23.5 Å². The third-order valence-electron chi connectivity index (χ3n) is 3.95. The number of hydrogen-bond donors (Lipinski definition) is 1. The van der Waals surface area contributed by atoms with Crippen LogP contribution in [-0.2, 0) is 11.8 Å². The Bertz CT molecular complexity index is 399. The lowest BCUT2D eigenvalue weighted by molar-refractivity contribution is 0.358. The van der Waals surface area contributed by atoms with E-state index >= 15 is 0 Å². The van der Waals surface area contributed by atoms with Crippen LogP contribution in [0.5, 0.6) is 0 Å². The van der Waals surface area contributed by atoms with E-state index in [-0.39, 0.29) is 5.41 Å². The molecule has 2 nitrogen and oxygen atoms in total. The Morgan fingerprint density at radius 2 is 2.05 bits per heavy atom. The average Bonchev–Trinajstić information content (AvgIpc) is 2.99. The van der Waals surface area contributed by atoms with E-state index in [2.05, 4.69) is 45.3 Å². The highest BCUT2D eigenvalue weighted by atomic mass is 32.1. The maximum Gasteiger partial charge on any atom is 0.0931 e. The van der Waals surface area contributed by atoms with Gasteiger partial charge in [-0.15, -0.1) is 11.3 Å². The molecule has 1 aliphatic rings. The molecule has 19 heavy (non-hydrogen) atoms. The molecule has 0 aromatic carbocycles. The largest absolute Gasteiger partial charge is 0.314 e. The van der Waals surface area contributed by atoms with E-state index in [1.54, 1.807) is 0 Å². The van der Waals surface area contributed by atoms with Crippen molar-refractivity contribution in [3.05, 3.63) is 16.1 Å². The predicted octanol–water partition coefficient (Wildman–Crippen LogP) is 4.01. The van der Waals surface area contributed by atoms with Gasteiger partial charge in [-0.1, -0.05) is 34.6 Å². The van der Waals surface area contributed by atoms with Crippen LogP contribution >= 0.6 is 11.3 Å². The van der Waals surface area contributed by atoms with Gasteiger partial charge in [-0.05, 0) is 31.2 Å². The van der Waals surface area contributed by atoms with E-state index in [0.717, 1.165) is 19.0 Å². The molecule has 1 unspecified atom stereocenters. The van der Waals surface area contributed by atoms with Crippen molar-refractivity contribution < 1.29 is 0 Å². The summed E-state index contributed by atoms with van der Waals surface area (Å²) in [6.45, 7) is 12.5. The monoisotopic (exact) mass is 280 g/mol. The first-order chi connectivity index (χ1) is 8.86. The van der Waals surface area contributed by atoms with Crippen LogP contribution in [0, 0.1) is 11.8 Å². The van der Waals surface area contributed by atoms with Crippen molar-refractivity contribution >= 4 is 11.3 Å². The molecule has 1 N–H and O–H groups in total. The van der Waals surface area contributed by atoms with Crippen molar-refractivity contribution in [2.24, 2.45) is 11.8 Å². The van der Waals surface area contributed by atoms with Crippen molar-refractivity contribution in [2.75, 3.05) is 6.54 Å². The van der Waals surface area contributed by atoms with E-state index < -0.39 is 0 Å². The van der Waals surface area contributed by atoms with Crippen molar-refractivity contribution in [1.29, 1.82) is 0 Å². The van der Waals surface area contributed by atoms with Crippen molar-refractivity contribution in [3.8, 4) is 0 Å². The van der Waals surface area contributed by atoms with Gasteiger partial charge in [0.2, 0.25) is 0 Å². The molecule has 0 aliphatic heterocycles. The van der Waals surface area contributed by atoms with E-state index in [1.807, 2.05) is 11.3 Å². The first-order valence-corrected chi connectivity index (χ1v) is 8.42. The number of rotatable bonds is 6. The van der Waals surface area contributed by atoms with Crippen LogP contribution < -0.4 is 5.32 Å². The van der Waals surface area contributed by atoms with Gasteiger partial charge in [-0.3, -0.25) is 0 Å². The molecule has 1 aromatic heterocycles. The van der Waals surface area contributed by atoms with Crippen LogP contribution in [0.4, 0.5) is 0 Å². The van der Waals surface area contributed by atoms with Gasteiger partial charge in [0.15, 0.2) is 0 Å². The fraction of sp³-hybridized carbons (Fsp3) is 0.812. The summed E-state index contributed by atoms with van der Waals surface area (Å²) >= 11 is 1.83. The molecule has 2 rings (SSSR count). The Morgan fingerprint density at radius 1 is 1.37 bits per heavy atom. The Morgan fingerprint density at radius 3 is 2.53 bits per heavy atom. The van der Waals surface area contributed by atoms with Gasteiger partial charge in [0.05, 0.1) is 10.7 Å². The van der Waals surface area contributed by atoms with Gasteiger partial charge in [0.25, 0.3) is 0 Å². The topological polar surface area (TPSA) is 24.9 Å². The zero-order chi connectivity index (χ0) is 14.0. The molecular formula is C16H28N2S. The van der Waals surface area contributed by atoms with E-state index in [9.17, 15) is 0 Å². The maximum atomic E-state index is 4.84. The summed E-state index contributed by atoms with van der Waals surface area (Å²) in [6, 6.07) is 0.808. The van der Waals surface area contributed by atoms with Gasteiger partial charge in [0.1, 0.15) is 0 Å². The summed E-state index contributed by atoms with van der Waals surface area (Å²) in [4.78, 5) is 4.84. The normalized spacial score (nSPS) is 18.0. The second-order valence-electron chi connectivity index (χ2n) is 7.27. The molecule has 108 valence electrons. The Labute approximate surface area is 122 Å². The van der Waals surface area contributed by atoms with Crippen LogP contribution in [0.15, 0.2) is 5.38 Å². The van der Waals surface area contributed by atoms with Crippen LogP contribution in [-0.4, -0.2) is 17.6 Å². The maximum absolute atomic E-state index is 4.84. The van der Waals surface area contributed by atoms with Crippen LogP contribution in [0.2, 0.25) is 0 Å². The second-order valence-corrected chi connectivity index (χ2v) is 8.21. The zero-order valence-electron chi connectivity index (χ0n) is 13.0. The number of aromatic nitrogens is 1. The van der Waals surface area contributed by atoms with Gasteiger partial charge in [-0.2, -0.15) is 0 Å². The molecule has 1 saturated carbocycles. The quantitative estimate of drug-likeness (QED) is 0.851. The fourth-order valence-corrected chi connectivity index (χ4v) is 3.24. The molecule has 0 amide bonds. The Balaban J connectivity index is 1.93. The SMILES string of the molecule is CC(C)C(CNC1CC1)Cc1nc(C(C)(C)C)cs1. The zero-order valence-corrected chi connectivity index (χ0v) is 13.8. The molecule has 1 fully saturated rings. The summed E-state index contributed by atoms with van der Waals surface area (Å²) in [5, 5.41) is 7.22.